The summed E-state index contributed by atoms with van der Waals surface area (Å²) >= 11 is 0. The number of rotatable bonds is 4. The van der Waals surface area contributed by atoms with Crippen LogP contribution < -0.4 is 0 Å². The highest BCUT2D eigenvalue weighted by atomic mass is 32.2. The average Bonchev–Trinajstić information content (AvgIpc) is 3.04. The minimum absolute atomic E-state index is 0.139. The SMILES string of the molecule is O=C(c1ccc(CS(=O)c2ccccc2)o1)N1CCOCC1. The fourth-order valence-electron chi connectivity index (χ4n) is 2.28. The molecule has 1 amide bonds. The highest BCUT2D eigenvalue weighted by molar-refractivity contribution is 7.84. The lowest BCUT2D eigenvalue weighted by Crippen LogP contribution is -2.40. The molecule has 5 nitrogen and oxygen atoms in total. The van der Waals surface area contributed by atoms with Gasteiger partial charge in [-0.25, -0.2) is 0 Å². The second kappa shape index (κ2) is 6.89. The van der Waals surface area contributed by atoms with E-state index in [1.807, 2.05) is 30.3 Å². The molecule has 1 atom stereocenters. The van der Waals surface area contributed by atoms with E-state index in [0.717, 1.165) is 4.90 Å². The fraction of sp³-hybridized carbons (Fsp3) is 0.312. The Kier molecular flexibility index (Phi) is 4.70. The van der Waals surface area contributed by atoms with Gasteiger partial charge in [0.05, 0.1) is 29.8 Å². The number of furan rings is 1. The van der Waals surface area contributed by atoms with E-state index in [-0.39, 0.29) is 11.7 Å². The van der Waals surface area contributed by atoms with E-state index in [2.05, 4.69) is 0 Å². The Bertz CT molecular complexity index is 662. The molecule has 0 bridgehead atoms. The maximum absolute atomic E-state index is 12.3. The summed E-state index contributed by atoms with van der Waals surface area (Å²) in [5.41, 5.74) is 0. The Morgan fingerprint density at radius 2 is 1.82 bits per heavy atom. The molecule has 1 fully saturated rings. The zero-order valence-corrected chi connectivity index (χ0v) is 12.9. The zero-order chi connectivity index (χ0) is 15.4. The molecule has 3 rings (SSSR count). The van der Waals surface area contributed by atoms with E-state index in [1.54, 1.807) is 17.0 Å². The van der Waals surface area contributed by atoms with Gasteiger partial charge in [0, 0.05) is 18.0 Å². The molecular weight excluding hydrogens is 302 g/mol. The van der Waals surface area contributed by atoms with Gasteiger partial charge in [0.25, 0.3) is 5.91 Å². The summed E-state index contributed by atoms with van der Waals surface area (Å²) in [6.07, 6.45) is 0. The topological polar surface area (TPSA) is 59.8 Å². The second-order valence-electron chi connectivity index (χ2n) is 4.97. The third-order valence-corrected chi connectivity index (χ3v) is 4.79. The third kappa shape index (κ3) is 3.45. The first-order valence-corrected chi connectivity index (χ1v) is 8.45. The summed E-state index contributed by atoms with van der Waals surface area (Å²) in [6, 6.07) is 12.6. The van der Waals surface area contributed by atoms with Crippen LogP contribution in [0, 0.1) is 0 Å². The molecule has 2 heterocycles. The van der Waals surface area contributed by atoms with Gasteiger partial charge in [-0.05, 0) is 24.3 Å². The van der Waals surface area contributed by atoms with Crippen molar-refractivity contribution in [3.8, 4) is 0 Å². The number of benzene rings is 1. The largest absolute Gasteiger partial charge is 0.455 e. The average molecular weight is 319 g/mol. The molecule has 1 aromatic heterocycles. The molecule has 0 spiro atoms. The van der Waals surface area contributed by atoms with Crippen LogP contribution in [0.5, 0.6) is 0 Å². The summed E-state index contributed by atoms with van der Waals surface area (Å²) in [5, 5.41) is 0. The molecule has 22 heavy (non-hydrogen) atoms. The van der Waals surface area contributed by atoms with Crippen molar-refractivity contribution in [2.75, 3.05) is 26.3 Å². The van der Waals surface area contributed by atoms with E-state index in [0.29, 0.717) is 37.8 Å². The molecule has 2 aromatic rings. The molecule has 1 aliphatic heterocycles. The van der Waals surface area contributed by atoms with Crippen molar-refractivity contribution >= 4 is 16.7 Å². The standard InChI is InChI=1S/C16H17NO4S/c18-16(17-8-10-20-11-9-17)15-7-6-13(21-15)12-22(19)14-4-2-1-3-5-14/h1-7H,8-12H2. The van der Waals surface area contributed by atoms with Gasteiger partial charge in [0.15, 0.2) is 5.76 Å². The minimum Gasteiger partial charge on any atom is -0.455 e. The Morgan fingerprint density at radius 3 is 2.55 bits per heavy atom. The first kappa shape index (κ1) is 15.0. The molecule has 1 saturated heterocycles. The normalized spacial score (nSPS) is 16.5. The quantitative estimate of drug-likeness (QED) is 0.865. The number of hydrogen-bond acceptors (Lipinski definition) is 4. The van der Waals surface area contributed by atoms with Crippen LogP contribution in [0.3, 0.4) is 0 Å². The summed E-state index contributed by atoms with van der Waals surface area (Å²) in [5.74, 6) is 0.973. The van der Waals surface area contributed by atoms with Crippen molar-refractivity contribution in [2.24, 2.45) is 0 Å². The molecule has 1 aromatic carbocycles. The lowest BCUT2D eigenvalue weighted by Gasteiger charge is -2.25. The van der Waals surface area contributed by atoms with Crippen LogP contribution in [0.2, 0.25) is 0 Å². The van der Waals surface area contributed by atoms with Crippen LogP contribution in [0.4, 0.5) is 0 Å². The maximum atomic E-state index is 12.3. The van der Waals surface area contributed by atoms with Crippen molar-refractivity contribution in [3.63, 3.8) is 0 Å². The third-order valence-electron chi connectivity index (χ3n) is 3.45. The Balaban J connectivity index is 1.66. The number of amides is 1. The predicted molar refractivity (Wildman–Crippen MR) is 82.0 cm³/mol. The molecule has 0 N–H and O–H groups in total. The molecule has 0 aliphatic carbocycles. The van der Waals surface area contributed by atoms with Gasteiger partial charge in [-0.3, -0.25) is 9.00 Å². The van der Waals surface area contributed by atoms with Crippen LogP contribution in [-0.4, -0.2) is 41.3 Å². The smallest absolute Gasteiger partial charge is 0.289 e. The molecule has 1 unspecified atom stereocenters. The molecule has 6 heteroatoms. The Hall–Kier alpha value is -1.92. The summed E-state index contributed by atoms with van der Waals surface area (Å²) in [7, 11) is -1.18. The van der Waals surface area contributed by atoms with Crippen LogP contribution in [0.25, 0.3) is 0 Å². The van der Waals surface area contributed by atoms with E-state index in [9.17, 15) is 9.00 Å². The van der Waals surface area contributed by atoms with Crippen molar-refractivity contribution in [3.05, 3.63) is 54.0 Å². The van der Waals surface area contributed by atoms with Crippen LogP contribution in [-0.2, 0) is 21.3 Å². The zero-order valence-electron chi connectivity index (χ0n) is 12.1. The highest BCUT2D eigenvalue weighted by Crippen LogP contribution is 2.16. The van der Waals surface area contributed by atoms with Gasteiger partial charge in [-0.15, -0.1) is 0 Å². The maximum Gasteiger partial charge on any atom is 0.289 e. The van der Waals surface area contributed by atoms with Crippen molar-refractivity contribution in [1.29, 1.82) is 0 Å². The number of morpholine rings is 1. The van der Waals surface area contributed by atoms with Gasteiger partial charge < -0.3 is 14.1 Å². The van der Waals surface area contributed by atoms with Crippen molar-refractivity contribution in [2.45, 2.75) is 10.6 Å². The van der Waals surface area contributed by atoms with Crippen LogP contribution >= 0.6 is 0 Å². The molecular formula is C16H17NO4S. The lowest BCUT2D eigenvalue weighted by atomic mass is 10.3. The van der Waals surface area contributed by atoms with Crippen LogP contribution in [0.15, 0.2) is 51.8 Å². The van der Waals surface area contributed by atoms with Gasteiger partial charge in [0.2, 0.25) is 0 Å². The number of ether oxygens (including phenoxy) is 1. The summed E-state index contributed by atoms with van der Waals surface area (Å²) in [4.78, 5) is 14.7. The fourth-order valence-corrected chi connectivity index (χ4v) is 3.32. The van der Waals surface area contributed by atoms with E-state index in [4.69, 9.17) is 9.15 Å². The molecule has 0 radical (unpaired) electrons. The molecule has 0 saturated carbocycles. The second-order valence-corrected chi connectivity index (χ2v) is 6.42. The molecule has 116 valence electrons. The summed E-state index contributed by atoms with van der Waals surface area (Å²) < 4.78 is 23.0. The Labute approximate surface area is 131 Å². The van der Waals surface area contributed by atoms with Crippen molar-refractivity contribution in [1.82, 2.24) is 4.90 Å². The van der Waals surface area contributed by atoms with E-state index in [1.165, 1.54) is 0 Å². The molecule has 1 aliphatic rings. The van der Waals surface area contributed by atoms with Crippen LogP contribution in [0.1, 0.15) is 16.3 Å². The highest BCUT2D eigenvalue weighted by Gasteiger charge is 2.21. The minimum atomic E-state index is -1.18. The monoisotopic (exact) mass is 319 g/mol. The van der Waals surface area contributed by atoms with Gasteiger partial charge in [-0.1, -0.05) is 18.2 Å². The number of carbonyl (C=O) groups is 1. The first-order chi connectivity index (χ1) is 10.7. The Morgan fingerprint density at radius 1 is 1.09 bits per heavy atom. The van der Waals surface area contributed by atoms with Gasteiger partial charge in [-0.2, -0.15) is 0 Å². The van der Waals surface area contributed by atoms with Crippen molar-refractivity contribution < 1.29 is 18.2 Å². The van der Waals surface area contributed by atoms with E-state index >= 15 is 0 Å². The number of carbonyl (C=O) groups excluding carboxylic acids is 1. The summed E-state index contributed by atoms with van der Waals surface area (Å²) in [6.45, 7) is 2.25. The predicted octanol–water partition coefficient (Wildman–Crippen LogP) is 2.06. The number of nitrogens with zero attached hydrogens (tertiary/aromatic N) is 1. The van der Waals surface area contributed by atoms with E-state index < -0.39 is 10.8 Å². The number of hydrogen-bond donors (Lipinski definition) is 0. The van der Waals surface area contributed by atoms with Gasteiger partial charge in [0.1, 0.15) is 5.76 Å². The van der Waals surface area contributed by atoms with Gasteiger partial charge >= 0.3 is 0 Å². The lowest BCUT2D eigenvalue weighted by molar-refractivity contribution is 0.0282. The first-order valence-electron chi connectivity index (χ1n) is 7.13.